The van der Waals surface area contributed by atoms with E-state index in [-0.39, 0.29) is 6.17 Å². The van der Waals surface area contributed by atoms with Gasteiger partial charge >= 0.3 is 0 Å². The van der Waals surface area contributed by atoms with Crippen LogP contribution in [0.2, 0.25) is 0 Å². The number of nitrogens with one attached hydrogen (secondary N) is 1. The predicted molar refractivity (Wildman–Crippen MR) is 205 cm³/mol. The van der Waals surface area contributed by atoms with Gasteiger partial charge in [0.05, 0.1) is 11.0 Å². The van der Waals surface area contributed by atoms with Crippen molar-refractivity contribution < 1.29 is 4.42 Å². The molecule has 1 atom stereocenters. The van der Waals surface area contributed by atoms with E-state index < -0.39 is 0 Å². The predicted octanol–water partition coefficient (Wildman–Crippen LogP) is 10.8. The number of amidine groups is 2. The lowest BCUT2D eigenvalue weighted by Gasteiger charge is -2.23. The van der Waals surface area contributed by atoms with Crippen molar-refractivity contribution in [2.75, 3.05) is 0 Å². The lowest BCUT2D eigenvalue weighted by molar-refractivity contribution is 0.655. The van der Waals surface area contributed by atoms with Crippen molar-refractivity contribution in [1.82, 2.24) is 9.88 Å². The van der Waals surface area contributed by atoms with Gasteiger partial charge in [0.25, 0.3) is 0 Å². The Hall–Kier alpha value is -6.72. The van der Waals surface area contributed by atoms with Crippen LogP contribution >= 0.6 is 0 Å². The third-order valence-electron chi connectivity index (χ3n) is 9.66. The second-order valence-electron chi connectivity index (χ2n) is 12.7. The number of aromatic nitrogens is 1. The van der Waals surface area contributed by atoms with Gasteiger partial charge in [-0.3, -0.25) is 0 Å². The fraction of sp³-hybridized carbons (Fsp3) is 0.0222. The first-order chi connectivity index (χ1) is 24.8. The van der Waals surface area contributed by atoms with Crippen LogP contribution in [-0.4, -0.2) is 16.2 Å². The molecule has 7 aromatic carbocycles. The molecule has 0 amide bonds. The largest absolute Gasteiger partial charge is 0.455 e. The van der Waals surface area contributed by atoms with Crippen molar-refractivity contribution >= 4 is 55.4 Å². The Morgan fingerprint density at radius 3 is 2.02 bits per heavy atom. The van der Waals surface area contributed by atoms with Crippen LogP contribution in [0.3, 0.4) is 0 Å². The average molecular weight is 643 g/mol. The Kier molecular flexibility index (Phi) is 6.49. The number of rotatable bonds is 5. The molecular formula is C45H30N4O. The number of para-hydroxylation sites is 3. The van der Waals surface area contributed by atoms with Gasteiger partial charge in [-0.25, -0.2) is 9.98 Å². The van der Waals surface area contributed by atoms with Crippen molar-refractivity contribution in [1.29, 1.82) is 0 Å². The monoisotopic (exact) mass is 642 g/mol. The van der Waals surface area contributed by atoms with Crippen LogP contribution in [0.4, 0.5) is 0 Å². The highest BCUT2D eigenvalue weighted by molar-refractivity contribution is 6.14. The smallest absolute Gasteiger partial charge is 0.159 e. The first-order valence-corrected chi connectivity index (χ1v) is 16.9. The zero-order valence-corrected chi connectivity index (χ0v) is 27.0. The van der Waals surface area contributed by atoms with Crippen LogP contribution in [0.1, 0.15) is 22.9 Å². The minimum atomic E-state index is -0.336. The van der Waals surface area contributed by atoms with Crippen LogP contribution in [0.25, 0.3) is 60.6 Å². The molecule has 0 saturated heterocycles. The third kappa shape index (κ3) is 4.63. The Bertz CT molecular complexity index is 2780. The number of hydrogen-bond donors (Lipinski definition) is 1. The molecule has 1 N–H and O–H groups in total. The van der Waals surface area contributed by atoms with E-state index in [1.165, 1.54) is 16.3 Å². The molecule has 2 aromatic heterocycles. The second-order valence-corrected chi connectivity index (χ2v) is 12.7. The van der Waals surface area contributed by atoms with Crippen molar-refractivity contribution in [2.24, 2.45) is 9.98 Å². The molecule has 10 rings (SSSR count). The van der Waals surface area contributed by atoms with Crippen LogP contribution in [0.15, 0.2) is 184 Å². The maximum atomic E-state index is 6.77. The van der Waals surface area contributed by atoms with Gasteiger partial charge in [0, 0.05) is 49.5 Å². The molecule has 0 radical (unpaired) electrons. The summed E-state index contributed by atoms with van der Waals surface area (Å²) in [4.78, 5) is 10.0. The van der Waals surface area contributed by atoms with Gasteiger partial charge in [0.2, 0.25) is 0 Å². The highest BCUT2D eigenvalue weighted by Crippen LogP contribution is 2.40. The van der Waals surface area contributed by atoms with Crippen LogP contribution in [0.5, 0.6) is 0 Å². The summed E-state index contributed by atoms with van der Waals surface area (Å²) in [5.41, 5.74) is 10.4. The zero-order valence-electron chi connectivity index (χ0n) is 27.0. The van der Waals surface area contributed by atoms with Crippen molar-refractivity contribution in [2.45, 2.75) is 6.17 Å². The number of nitrogens with zero attached hydrogens (tertiary/aromatic N) is 3. The maximum Gasteiger partial charge on any atom is 0.159 e. The molecule has 5 nitrogen and oxygen atoms in total. The number of hydrogen-bond acceptors (Lipinski definition) is 4. The molecule has 9 aromatic rings. The molecule has 1 unspecified atom stereocenters. The normalized spacial score (nSPS) is 14.6. The van der Waals surface area contributed by atoms with Gasteiger partial charge in [-0.15, -0.1) is 0 Å². The molecule has 236 valence electrons. The third-order valence-corrected chi connectivity index (χ3v) is 9.66. The lowest BCUT2D eigenvalue weighted by atomic mass is 10.0. The summed E-state index contributed by atoms with van der Waals surface area (Å²) >= 11 is 0. The Morgan fingerprint density at radius 1 is 0.520 bits per heavy atom. The molecule has 0 saturated carbocycles. The maximum absolute atomic E-state index is 6.77. The molecule has 0 spiro atoms. The van der Waals surface area contributed by atoms with Crippen LogP contribution in [0, 0.1) is 0 Å². The SMILES string of the molecule is c1ccc(C2=NC(c3ccc4c(c3)oc3c(-c5ccc6c7ccccc7n(-c7ccccc7)c6c5)cccc34)NC(c3ccccc3)=N2)cc1. The molecule has 1 aliphatic rings. The van der Waals surface area contributed by atoms with Gasteiger partial charge in [0.15, 0.2) is 5.84 Å². The molecule has 5 heteroatoms. The van der Waals surface area contributed by atoms with Gasteiger partial charge in [-0.1, -0.05) is 140 Å². The second kappa shape index (κ2) is 11.5. The van der Waals surface area contributed by atoms with Crippen molar-refractivity contribution in [3.05, 3.63) is 187 Å². The Labute approximate surface area is 288 Å². The highest BCUT2D eigenvalue weighted by Gasteiger charge is 2.23. The number of fused-ring (bicyclic) bond motifs is 6. The highest BCUT2D eigenvalue weighted by atomic mass is 16.3. The zero-order chi connectivity index (χ0) is 33.0. The molecule has 0 bridgehead atoms. The summed E-state index contributed by atoms with van der Waals surface area (Å²) in [5, 5.41) is 8.21. The van der Waals surface area contributed by atoms with E-state index >= 15 is 0 Å². The van der Waals surface area contributed by atoms with Crippen LogP contribution < -0.4 is 5.32 Å². The minimum Gasteiger partial charge on any atom is -0.455 e. The lowest BCUT2D eigenvalue weighted by Crippen LogP contribution is -2.33. The number of furan rings is 1. The molecule has 0 fully saturated rings. The summed E-state index contributed by atoms with van der Waals surface area (Å²) in [5.74, 6) is 1.49. The van der Waals surface area contributed by atoms with Gasteiger partial charge in [-0.2, -0.15) is 0 Å². The molecular weight excluding hydrogens is 613 g/mol. The summed E-state index contributed by atoms with van der Waals surface area (Å²) in [6.07, 6.45) is -0.336. The molecule has 50 heavy (non-hydrogen) atoms. The van der Waals surface area contributed by atoms with E-state index in [0.717, 1.165) is 66.8 Å². The Balaban J connectivity index is 1.10. The number of aliphatic imine (C=N–C) groups is 2. The number of benzene rings is 7. The van der Waals surface area contributed by atoms with E-state index in [9.17, 15) is 0 Å². The minimum absolute atomic E-state index is 0.336. The standard InChI is InChI=1S/C45H30N4O/c1-4-13-29(14-5-1)43-46-44(30-15-6-2-7-16-30)48-45(47-43)32-24-26-37-38-21-12-20-34(42(38)50-41(37)28-32)31-23-25-36-35-19-10-11-22-39(35)49(40(36)27-31)33-17-8-3-9-18-33/h1-28,45H,(H,46,47,48). The fourth-order valence-electron chi connectivity index (χ4n) is 7.28. The van der Waals surface area contributed by atoms with E-state index in [4.69, 9.17) is 14.4 Å². The first kappa shape index (κ1) is 28.3. The molecule has 3 heterocycles. The van der Waals surface area contributed by atoms with Gasteiger partial charge < -0.3 is 14.3 Å². The molecule has 1 aliphatic heterocycles. The summed E-state index contributed by atoms with van der Waals surface area (Å²) < 4.78 is 9.12. The van der Waals surface area contributed by atoms with Crippen molar-refractivity contribution in [3.8, 4) is 16.8 Å². The van der Waals surface area contributed by atoms with E-state index in [0.29, 0.717) is 5.84 Å². The van der Waals surface area contributed by atoms with E-state index in [2.05, 4.69) is 131 Å². The fourth-order valence-corrected chi connectivity index (χ4v) is 7.28. The van der Waals surface area contributed by atoms with E-state index in [1.807, 2.05) is 48.5 Å². The van der Waals surface area contributed by atoms with Crippen molar-refractivity contribution in [3.63, 3.8) is 0 Å². The summed E-state index contributed by atoms with van der Waals surface area (Å²) in [6, 6.07) is 59.2. The summed E-state index contributed by atoms with van der Waals surface area (Å²) in [6.45, 7) is 0. The topological polar surface area (TPSA) is 54.8 Å². The molecule has 0 aliphatic carbocycles. The van der Waals surface area contributed by atoms with Gasteiger partial charge in [-0.05, 0) is 35.9 Å². The quantitative estimate of drug-likeness (QED) is 0.203. The van der Waals surface area contributed by atoms with Crippen LogP contribution in [-0.2, 0) is 0 Å². The van der Waals surface area contributed by atoms with Gasteiger partial charge in [0.1, 0.15) is 23.2 Å². The van der Waals surface area contributed by atoms with E-state index in [1.54, 1.807) is 0 Å². The summed E-state index contributed by atoms with van der Waals surface area (Å²) in [7, 11) is 0. The Morgan fingerprint density at radius 2 is 1.20 bits per heavy atom. The average Bonchev–Trinajstić information content (AvgIpc) is 3.74. The first-order valence-electron chi connectivity index (χ1n) is 16.9.